The molecule has 0 aliphatic rings. The molecule has 138 valence electrons. The first-order chi connectivity index (χ1) is 13.0. The van der Waals surface area contributed by atoms with Gasteiger partial charge in [-0.3, -0.25) is 4.79 Å². The lowest BCUT2D eigenvalue weighted by atomic mass is 10.1. The molecule has 1 aromatic heterocycles. The van der Waals surface area contributed by atoms with Gasteiger partial charge in [-0.2, -0.15) is 5.10 Å². The minimum Gasteiger partial charge on any atom is -0.312 e. The summed E-state index contributed by atoms with van der Waals surface area (Å²) in [7, 11) is 1.91. The lowest BCUT2D eigenvalue weighted by Gasteiger charge is -2.06. The lowest BCUT2D eigenvalue weighted by molar-refractivity contribution is 0.0955. The fourth-order valence-corrected chi connectivity index (χ4v) is 3.39. The summed E-state index contributed by atoms with van der Waals surface area (Å²) in [4.78, 5) is 12.3. The van der Waals surface area contributed by atoms with Gasteiger partial charge in [0.15, 0.2) is 5.16 Å². The van der Waals surface area contributed by atoms with Crippen molar-refractivity contribution in [1.29, 1.82) is 0 Å². The van der Waals surface area contributed by atoms with Gasteiger partial charge in [0, 0.05) is 23.9 Å². The van der Waals surface area contributed by atoms with Gasteiger partial charge in [-0.1, -0.05) is 48.2 Å². The summed E-state index contributed by atoms with van der Waals surface area (Å²) in [5.74, 6) is 0.536. The van der Waals surface area contributed by atoms with E-state index in [9.17, 15) is 4.79 Å². The number of benzene rings is 2. The van der Waals surface area contributed by atoms with Crippen LogP contribution in [0.4, 0.5) is 0 Å². The molecule has 1 N–H and O–H groups in total. The summed E-state index contributed by atoms with van der Waals surface area (Å²) in [6, 6.07) is 15.4. The van der Waals surface area contributed by atoms with Gasteiger partial charge in [0.1, 0.15) is 6.33 Å². The molecule has 0 saturated heterocycles. The molecule has 0 unspecified atom stereocenters. The predicted molar refractivity (Wildman–Crippen MR) is 108 cm³/mol. The van der Waals surface area contributed by atoms with Crippen LogP contribution in [-0.2, 0) is 12.8 Å². The molecule has 0 bridgehead atoms. The summed E-state index contributed by atoms with van der Waals surface area (Å²) in [6.45, 7) is 3.91. The summed E-state index contributed by atoms with van der Waals surface area (Å²) in [5.41, 5.74) is 7.23. The number of hydrazone groups is 1. The van der Waals surface area contributed by atoms with Crippen molar-refractivity contribution in [3.8, 4) is 0 Å². The number of carbonyl (C=O) groups excluding carboxylic acids is 1. The Morgan fingerprint density at radius 2 is 1.93 bits per heavy atom. The number of rotatable bonds is 6. The van der Waals surface area contributed by atoms with Crippen molar-refractivity contribution in [2.45, 2.75) is 24.8 Å². The smallest absolute Gasteiger partial charge is 0.271 e. The summed E-state index contributed by atoms with van der Waals surface area (Å²) in [5, 5.41) is 13.0. The zero-order valence-electron chi connectivity index (χ0n) is 15.5. The Hall–Kier alpha value is -2.93. The third-order valence-corrected chi connectivity index (χ3v) is 5.22. The highest BCUT2D eigenvalue weighted by molar-refractivity contribution is 7.98. The number of aromatic nitrogens is 3. The molecule has 0 fully saturated rings. The van der Waals surface area contributed by atoms with Crippen LogP contribution in [0.2, 0.25) is 0 Å². The Morgan fingerprint density at radius 3 is 2.59 bits per heavy atom. The van der Waals surface area contributed by atoms with Gasteiger partial charge in [0.2, 0.25) is 0 Å². The lowest BCUT2D eigenvalue weighted by Crippen LogP contribution is -2.19. The molecule has 1 heterocycles. The van der Waals surface area contributed by atoms with Gasteiger partial charge in [0.05, 0.1) is 5.71 Å². The largest absolute Gasteiger partial charge is 0.312 e. The number of nitrogens with one attached hydrogen (secondary N) is 1. The Labute approximate surface area is 162 Å². The molecule has 0 aliphatic heterocycles. The number of thioether (sulfide) groups is 1. The standard InChI is InChI=1S/C20H21N5OS/c1-14-6-4-5-7-18(14)15(2)22-23-19(26)17-10-8-16(9-11-17)12-27-20-24-21-13-25(20)3/h4-11,13H,12H2,1-3H3,(H,23,26)/b22-15-. The second-order valence-electron chi connectivity index (χ2n) is 6.16. The van der Waals surface area contributed by atoms with Crippen molar-refractivity contribution < 1.29 is 4.79 Å². The molecule has 0 aliphatic carbocycles. The molecular weight excluding hydrogens is 358 g/mol. The van der Waals surface area contributed by atoms with Gasteiger partial charge in [0.25, 0.3) is 5.91 Å². The number of aryl methyl sites for hydroxylation is 2. The Balaban J connectivity index is 1.59. The van der Waals surface area contributed by atoms with Crippen molar-refractivity contribution in [1.82, 2.24) is 20.2 Å². The van der Waals surface area contributed by atoms with Crippen molar-refractivity contribution >= 4 is 23.4 Å². The number of nitrogens with zero attached hydrogens (tertiary/aromatic N) is 4. The molecule has 3 aromatic rings. The minimum atomic E-state index is -0.226. The summed E-state index contributed by atoms with van der Waals surface area (Å²) < 4.78 is 1.88. The SMILES string of the molecule is C/C(=N/NC(=O)c1ccc(CSc2nncn2C)cc1)c1ccccc1C. The van der Waals surface area contributed by atoms with Gasteiger partial charge in [-0.15, -0.1) is 10.2 Å². The van der Waals surface area contributed by atoms with Gasteiger partial charge < -0.3 is 4.57 Å². The van der Waals surface area contributed by atoms with E-state index in [1.54, 1.807) is 30.2 Å². The normalized spacial score (nSPS) is 11.4. The Kier molecular flexibility index (Phi) is 6.03. The molecule has 1 amide bonds. The van der Waals surface area contributed by atoms with Crippen molar-refractivity contribution in [3.05, 3.63) is 77.1 Å². The van der Waals surface area contributed by atoms with Crippen molar-refractivity contribution in [2.75, 3.05) is 0 Å². The molecule has 27 heavy (non-hydrogen) atoms. The van der Waals surface area contributed by atoms with Crippen LogP contribution in [0.1, 0.15) is 34.0 Å². The quantitative estimate of drug-likeness (QED) is 0.404. The van der Waals surface area contributed by atoms with Crippen LogP contribution in [0.15, 0.2) is 65.1 Å². The highest BCUT2D eigenvalue weighted by atomic mass is 32.2. The second-order valence-corrected chi connectivity index (χ2v) is 7.11. The van der Waals surface area contributed by atoms with Gasteiger partial charge >= 0.3 is 0 Å². The highest BCUT2D eigenvalue weighted by Crippen LogP contribution is 2.20. The summed E-state index contributed by atoms with van der Waals surface area (Å²) in [6.07, 6.45) is 1.68. The topological polar surface area (TPSA) is 72.2 Å². The number of carbonyl (C=O) groups is 1. The van der Waals surface area contributed by atoms with Gasteiger partial charge in [-0.05, 0) is 37.1 Å². The van der Waals surface area contributed by atoms with E-state index >= 15 is 0 Å². The second kappa shape index (κ2) is 8.64. The maximum Gasteiger partial charge on any atom is 0.271 e. The third kappa shape index (κ3) is 4.83. The first-order valence-electron chi connectivity index (χ1n) is 8.51. The molecule has 2 aromatic carbocycles. The van der Waals surface area contributed by atoms with Crippen LogP contribution in [0.5, 0.6) is 0 Å². The van der Waals surface area contributed by atoms with Crippen molar-refractivity contribution in [3.63, 3.8) is 0 Å². The van der Waals surface area contributed by atoms with Crippen LogP contribution >= 0.6 is 11.8 Å². The van der Waals surface area contributed by atoms with E-state index in [4.69, 9.17) is 0 Å². The fraction of sp³-hybridized carbons (Fsp3) is 0.200. The molecule has 0 spiro atoms. The van der Waals surface area contributed by atoms with E-state index in [0.717, 1.165) is 33.3 Å². The molecule has 0 saturated carbocycles. The predicted octanol–water partition coefficient (Wildman–Crippen LogP) is 3.57. The fourth-order valence-electron chi connectivity index (χ4n) is 2.54. The van der Waals surface area contributed by atoms with E-state index in [1.165, 1.54) is 0 Å². The van der Waals surface area contributed by atoms with Crippen molar-refractivity contribution in [2.24, 2.45) is 12.1 Å². The van der Waals surface area contributed by atoms with E-state index in [0.29, 0.717) is 5.56 Å². The molecular formula is C20H21N5OS. The number of amides is 1. The van der Waals surface area contributed by atoms with E-state index in [-0.39, 0.29) is 5.91 Å². The average molecular weight is 379 g/mol. The molecule has 7 heteroatoms. The Morgan fingerprint density at radius 1 is 1.19 bits per heavy atom. The monoisotopic (exact) mass is 379 g/mol. The maximum absolute atomic E-state index is 12.3. The third-order valence-electron chi connectivity index (χ3n) is 4.11. The molecule has 6 nitrogen and oxygen atoms in total. The number of hydrogen-bond acceptors (Lipinski definition) is 5. The van der Waals surface area contributed by atoms with Gasteiger partial charge in [-0.25, -0.2) is 5.43 Å². The first kappa shape index (κ1) is 18.8. The average Bonchev–Trinajstić information content (AvgIpc) is 3.10. The zero-order valence-corrected chi connectivity index (χ0v) is 16.3. The minimum absolute atomic E-state index is 0.226. The maximum atomic E-state index is 12.3. The number of hydrogen-bond donors (Lipinski definition) is 1. The molecule has 0 radical (unpaired) electrons. The van der Waals surface area contributed by atoms with E-state index in [2.05, 4.69) is 20.7 Å². The van der Waals surface area contributed by atoms with E-state index < -0.39 is 0 Å². The summed E-state index contributed by atoms with van der Waals surface area (Å²) >= 11 is 1.60. The van der Waals surface area contributed by atoms with Crippen LogP contribution in [0.3, 0.4) is 0 Å². The van der Waals surface area contributed by atoms with E-state index in [1.807, 2.05) is 61.9 Å². The Bertz CT molecular complexity index is 963. The zero-order chi connectivity index (χ0) is 19.2. The molecule has 0 atom stereocenters. The highest BCUT2D eigenvalue weighted by Gasteiger charge is 2.07. The van der Waals surface area contributed by atoms with Crippen LogP contribution < -0.4 is 5.43 Å². The molecule has 3 rings (SSSR count). The van der Waals surface area contributed by atoms with Crippen LogP contribution in [0.25, 0.3) is 0 Å². The van der Waals surface area contributed by atoms with Crippen LogP contribution in [-0.4, -0.2) is 26.4 Å². The van der Waals surface area contributed by atoms with Crippen LogP contribution in [0, 0.1) is 6.92 Å². The first-order valence-corrected chi connectivity index (χ1v) is 9.49.